The average Bonchev–Trinajstić information content (AvgIpc) is 2.66. The minimum atomic E-state index is -0.839. The number of fused-ring (bicyclic) bond motifs is 1. The highest BCUT2D eigenvalue weighted by Crippen LogP contribution is 2.30. The molecule has 1 N–H and O–H groups in total. The molecule has 2 aromatic carbocycles. The lowest BCUT2D eigenvalue weighted by Gasteiger charge is -2.36. The van der Waals surface area contributed by atoms with Crippen molar-refractivity contribution in [3.63, 3.8) is 0 Å². The number of carbonyl (C=O) groups is 2. The Hall–Kier alpha value is -2.80. The largest absolute Gasteiger partial charge is 0.383 e. The zero-order valence-corrected chi connectivity index (χ0v) is 14.9. The first kappa shape index (κ1) is 19.0. The van der Waals surface area contributed by atoms with Crippen LogP contribution >= 0.6 is 0 Å². The number of benzene rings is 2. The van der Waals surface area contributed by atoms with Gasteiger partial charge in [0.2, 0.25) is 11.8 Å². The van der Waals surface area contributed by atoms with Gasteiger partial charge in [-0.2, -0.15) is 0 Å². The average molecular weight is 374 g/mol. The molecule has 1 aliphatic heterocycles. The van der Waals surface area contributed by atoms with Crippen LogP contribution in [0.1, 0.15) is 22.7 Å². The predicted molar refractivity (Wildman–Crippen MR) is 94.7 cm³/mol. The maximum Gasteiger partial charge on any atom is 0.247 e. The Kier molecular flexibility index (Phi) is 5.81. The van der Waals surface area contributed by atoms with Gasteiger partial charge in [0.1, 0.15) is 17.7 Å². The molecule has 0 spiro atoms. The molecule has 0 aromatic heterocycles. The molecule has 0 saturated heterocycles. The van der Waals surface area contributed by atoms with Gasteiger partial charge in [-0.05, 0) is 29.3 Å². The molecule has 0 aliphatic carbocycles. The van der Waals surface area contributed by atoms with E-state index < -0.39 is 23.6 Å². The van der Waals surface area contributed by atoms with Gasteiger partial charge >= 0.3 is 0 Å². The van der Waals surface area contributed by atoms with Crippen LogP contribution in [0.4, 0.5) is 8.78 Å². The summed E-state index contributed by atoms with van der Waals surface area (Å²) in [4.78, 5) is 26.9. The molecule has 0 saturated carbocycles. The molecule has 2 aromatic rings. The normalized spacial score (nSPS) is 16.2. The van der Waals surface area contributed by atoms with E-state index in [1.165, 1.54) is 12.0 Å². The number of nitrogens with zero attached hydrogens (tertiary/aromatic N) is 1. The summed E-state index contributed by atoms with van der Waals surface area (Å²) in [5.41, 5.74) is 1.56. The number of halogens is 2. The number of ether oxygens (including phenoxy) is 1. The molecular formula is C20H20F2N2O3. The van der Waals surface area contributed by atoms with E-state index in [1.54, 1.807) is 12.1 Å². The summed E-state index contributed by atoms with van der Waals surface area (Å²) in [5.74, 6) is -1.81. The highest BCUT2D eigenvalue weighted by atomic mass is 19.1. The van der Waals surface area contributed by atoms with Crippen molar-refractivity contribution in [1.82, 2.24) is 10.2 Å². The lowest BCUT2D eigenvalue weighted by molar-refractivity contribution is -0.142. The Morgan fingerprint density at radius 2 is 2.04 bits per heavy atom. The van der Waals surface area contributed by atoms with Crippen molar-refractivity contribution in [2.24, 2.45) is 0 Å². The zero-order valence-electron chi connectivity index (χ0n) is 14.9. The minimum Gasteiger partial charge on any atom is -0.383 e. The second kappa shape index (κ2) is 8.26. The molecule has 2 amide bonds. The number of amides is 2. The molecule has 0 unspecified atom stereocenters. The van der Waals surface area contributed by atoms with Gasteiger partial charge in [0.15, 0.2) is 0 Å². The Morgan fingerprint density at radius 3 is 2.81 bits per heavy atom. The Balaban J connectivity index is 1.84. The molecule has 0 fully saturated rings. The van der Waals surface area contributed by atoms with E-state index in [-0.39, 0.29) is 37.6 Å². The van der Waals surface area contributed by atoms with Crippen LogP contribution < -0.4 is 5.32 Å². The third-order valence-corrected chi connectivity index (χ3v) is 4.57. The molecular weight excluding hydrogens is 354 g/mol. The fraction of sp³-hybridized carbons (Fsp3) is 0.300. The topological polar surface area (TPSA) is 58.6 Å². The highest BCUT2D eigenvalue weighted by molar-refractivity contribution is 5.92. The van der Waals surface area contributed by atoms with Gasteiger partial charge in [0, 0.05) is 25.8 Å². The first-order chi connectivity index (χ1) is 13.0. The number of rotatable bonds is 6. The summed E-state index contributed by atoms with van der Waals surface area (Å²) < 4.78 is 32.2. The summed E-state index contributed by atoms with van der Waals surface area (Å²) in [6.45, 7) is 0.375. The van der Waals surface area contributed by atoms with E-state index in [0.29, 0.717) is 0 Å². The first-order valence-electron chi connectivity index (χ1n) is 8.59. The molecule has 1 atom stereocenters. The van der Waals surface area contributed by atoms with Crippen molar-refractivity contribution < 1.29 is 23.1 Å². The van der Waals surface area contributed by atoms with Crippen LogP contribution in [0.3, 0.4) is 0 Å². The molecule has 142 valence electrons. The van der Waals surface area contributed by atoms with E-state index in [0.717, 1.165) is 29.3 Å². The highest BCUT2D eigenvalue weighted by Gasteiger charge is 2.36. The van der Waals surface area contributed by atoms with E-state index >= 15 is 0 Å². The summed E-state index contributed by atoms with van der Waals surface area (Å²) in [7, 11) is 1.52. The molecule has 1 heterocycles. The molecule has 5 nitrogen and oxygen atoms in total. The Labute approximate surface area is 155 Å². The molecule has 27 heavy (non-hydrogen) atoms. The second-order valence-electron chi connectivity index (χ2n) is 6.31. The standard InChI is InChI=1S/C20H20F2N2O3/c1-27-9-8-24-18(25)11-13-4-2-3-5-16(13)19(24)20(26)23-12-14-10-15(21)6-7-17(14)22/h2-7,10,19H,8-9,11-12H2,1H3,(H,23,26)/t19-/m0/s1. The van der Waals surface area contributed by atoms with Crippen molar-refractivity contribution >= 4 is 11.8 Å². The van der Waals surface area contributed by atoms with Gasteiger partial charge in [0.05, 0.1) is 13.0 Å². The fourth-order valence-corrected chi connectivity index (χ4v) is 3.22. The zero-order chi connectivity index (χ0) is 19.4. The van der Waals surface area contributed by atoms with Gasteiger partial charge in [-0.3, -0.25) is 9.59 Å². The molecule has 0 radical (unpaired) electrons. The first-order valence-corrected chi connectivity index (χ1v) is 8.59. The molecule has 3 rings (SSSR count). The van der Waals surface area contributed by atoms with Gasteiger partial charge < -0.3 is 15.0 Å². The Morgan fingerprint density at radius 1 is 1.26 bits per heavy atom. The van der Waals surface area contributed by atoms with Crippen LogP contribution in [0.15, 0.2) is 42.5 Å². The summed E-state index contributed by atoms with van der Waals surface area (Å²) >= 11 is 0. The van der Waals surface area contributed by atoms with Crippen LogP contribution in [0, 0.1) is 11.6 Å². The SMILES string of the molecule is COCCN1C(=O)Cc2ccccc2[C@H]1C(=O)NCc1cc(F)ccc1F. The van der Waals surface area contributed by atoms with Gasteiger partial charge in [-0.1, -0.05) is 24.3 Å². The number of hydrogen-bond donors (Lipinski definition) is 1. The van der Waals surface area contributed by atoms with Crippen molar-refractivity contribution in [3.05, 3.63) is 70.8 Å². The maximum absolute atomic E-state index is 13.8. The molecule has 7 heteroatoms. The van der Waals surface area contributed by atoms with Crippen LogP contribution in [-0.4, -0.2) is 37.0 Å². The van der Waals surface area contributed by atoms with E-state index in [2.05, 4.69) is 5.32 Å². The predicted octanol–water partition coefficient (Wildman–Crippen LogP) is 2.35. The smallest absolute Gasteiger partial charge is 0.247 e. The lowest BCUT2D eigenvalue weighted by atomic mass is 9.91. The van der Waals surface area contributed by atoms with Crippen LogP contribution in [-0.2, 0) is 27.3 Å². The monoisotopic (exact) mass is 374 g/mol. The number of carbonyl (C=O) groups excluding carboxylic acids is 2. The van der Waals surface area contributed by atoms with Gasteiger partial charge in [-0.15, -0.1) is 0 Å². The minimum absolute atomic E-state index is 0.0437. The molecule has 0 bridgehead atoms. The summed E-state index contributed by atoms with van der Waals surface area (Å²) in [5, 5.41) is 2.62. The van der Waals surface area contributed by atoms with E-state index in [1.807, 2.05) is 12.1 Å². The number of nitrogens with one attached hydrogen (secondary N) is 1. The Bertz CT molecular complexity index is 857. The van der Waals surface area contributed by atoms with Gasteiger partial charge in [0.25, 0.3) is 0 Å². The van der Waals surface area contributed by atoms with Crippen molar-refractivity contribution in [2.75, 3.05) is 20.3 Å². The maximum atomic E-state index is 13.8. The van der Waals surface area contributed by atoms with Crippen LogP contribution in [0.5, 0.6) is 0 Å². The summed E-state index contributed by atoms with van der Waals surface area (Å²) in [6, 6.07) is 9.46. The fourth-order valence-electron chi connectivity index (χ4n) is 3.22. The van der Waals surface area contributed by atoms with Crippen LogP contribution in [0.25, 0.3) is 0 Å². The summed E-state index contributed by atoms with van der Waals surface area (Å²) in [6.07, 6.45) is 0.211. The van der Waals surface area contributed by atoms with Crippen molar-refractivity contribution in [2.45, 2.75) is 19.0 Å². The number of hydrogen-bond acceptors (Lipinski definition) is 3. The quantitative estimate of drug-likeness (QED) is 0.845. The van der Waals surface area contributed by atoms with Crippen molar-refractivity contribution in [3.8, 4) is 0 Å². The molecule has 1 aliphatic rings. The van der Waals surface area contributed by atoms with Gasteiger partial charge in [-0.25, -0.2) is 8.78 Å². The number of methoxy groups -OCH3 is 1. The third-order valence-electron chi connectivity index (χ3n) is 4.57. The van der Waals surface area contributed by atoms with E-state index in [9.17, 15) is 18.4 Å². The third kappa shape index (κ3) is 4.14. The van der Waals surface area contributed by atoms with Crippen LogP contribution in [0.2, 0.25) is 0 Å². The van der Waals surface area contributed by atoms with E-state index in [4.69, 9.17) is 4.74 Å². The second-order valence-corrected chi connectivity index (χ2v) is 6.31. The van der Waals surface area contributed by atoms with Crippen molar-refractivity contribution in [1.29, 1.82) is 0 Å². The lowest BCUT2D eigenvalue weighted by Crippen LogP contribution is -2.48.